The lowest BCUT2D eigenvalue weighted by Gasteiger charge is -2.45. The van der Waals surface area contributed by atoms with Crippen molar-refractivity contribution >= 4 is 5.69 Å². The van der Waals surface area contributed by atoms with Gasteiger partial charge < -0.3 is 15.1 Å². The quantitative estimate of drug-likeness (QED) is 0.895. The van der Waals surface area contributed by atoms with Crippen molar-refractivity contribution in [1.29, 1.82) is 0 Å². The lowest BCUT2D eigenvalue weighted by molar-refractivity contribution is 0.0975. The van der Waals surface area contributed by atoms with Crippen molar-refractivity contribution in [3.63, 3.8) is 0 Å². The third-order valence-corrected chi connectivity index (χ3v) is 4.46. The van der Waals surface area contributed by atoms with Gasteiger partial charge in [0.2, 0.25) is 0 Å². The largest absolute Gasteiger partial charge is 0.381 e. The molecule has 1 aromatic rings. The normalized spacial score (nSPS) is 29.7. The molecular formula is C16H25N3. The van der Waals surface area contributed by atoms with Gasteiger partial charge in [0.1, 0.15) is 0 Å². The minimum Gasteiger partial charge on any atom is -0.381 e. The predicted octanol–water partition coefficient (Wildman–Crippen LogP) is 2.25. The van der Waals surface area contributed by atoms with Crippen molar-refractivity contribution in [3.8, 4) is 0 Å². The van der Waals surface area contributed by atoms with Crippen LogP contribution in [0.5, 0.6) is 0 Å². The number of fused-ring (bicyclic) bond motifs is 3. The summed E-state index contributed by atoms with van der Waals surface area (Å²) in [7, 11) is 4.22. The van der Waals surface area contributed by atoms with E-state index in [0.29, 0.717) is 6.04 Å². The van der Waals surface area contributed by atoms with Gasteiger partial charge in [-0.15, -0.1) is 0 Å². The molecule has 3 aliphatic heterocycles. The van der Waals surface area contributed by atoms with E-state index in [0.717, 1.165) is 12.5 Å². The van der Waals surface area contributed by atoms with E-state index < -0.39 is 0 Å². The summed E-state index contributed by atoms with van der Waals surface area (Å²) in [4.78, 5) is 4.80. The molecule has 1 unspecified atom stereocenters. The maximum absolute atomic E-state index is 3.74. The summed E-state index contributed by atoms with van der Waals surface area (Å²) >= 11 is 0. The van der Waals surface area contributed by atoms with E-state index in [1.165, 1.54) is 43.7 Å². The van der Waals surface area contributed by atoms with Crippen LogP contribution in [0.3, 0.4) is 0 Å². The number of hydrogen-bond acceptors (Lipinski definition) is 3. The fraction of sp³-hybridized carbons (Fsp3) is 0.625. The molecule has 0 spiro atoms. The number of anilines is 1. The number of nitrogens with zero attached hydrogens (tertiary/aromatic N) is 2. The topological polar surface area (TPSA) is 18.5 Å². The van der Waals surface area contributed by atoms with Crippen LogP contribution in [0.4, 0.5) is 5.69 Å². The SMILES string of the molecule is CN(C)Cc1ccc(NC2CN3CCC2CC3)cc1. The van der Waals surface area contributed by atoms with E-state index in [4.69, 9.17) is 0 Å². The summed E-state index contributed by atoms with van der Waals surface area (Å²) < 4.78 is 0. The van der Waals surface area contributed by atoms with Gasteiger partial charge in [-0.3, -0.25) is 0 Å². The summed E-state index contributed by atoms with van der Waals surface area (Å²) in [6.07, 6.45) is 2.74. The molecule has 1 atom stereocenters. The zero-order valence-electron chi connectivity index (χ0n) is 12.1. The second-order valence-electron chi connectivity index (χ2n) is 6.32. The molecule has 0 saturated carbocycles. The molecule has 1 N–H and O–H groups in total. The number of piperidine rings is 3. The maximum Gasteiger partial charge on any atom is 0.0417 e. The molecule has 0 aromatic heterocycles. The summed E-state index contributed by atoms with van der Waals surface area (Å²) in [5.74, 6) is 0.881. The van der Waals surface area contributed by atoms with Gasteiger partial charge in [0.25, 0.3) is 0 Å². The van der Waals surface area contributed by atoms with Gasteiger partial charge in [-0.25, -0.2) is 0 Å². The summed E-state index contributed by atoms with van der Waals surface area (Å²) in [6.45, 7) is 4.86. The van der Waals surface area contributed by atoms with Crippen LogP contribution in [0.25, 0.3) is 0 Å². The minimum absolute atomic E-state index is 0.655. The summed E-state index contributed by atoms with van der Waals surface area (Å²) in [5.41, 5.74) is 2.66. The first-order valence-electron chi connectivity index (χ1n) is 7.43. The molecule has 3 aliphatic rings. The van der Waals surface area contributed by atoms with E-state index in [1.54, 1.807) is 0 Å². The number of benzene rings is 1. The van der Waals surface area contributed by atoms with Crippen LogP contribution in [-0.4, -0.2) is 49.6 Å². The molecule has 104 valence electrons. The molecule has 2 bridgehead atoms. The van der Waals surface area contributed by atoms with Crippen molar-refractivity contribution in [2.75, 3.05) is 39.0 Å². The number of hydrogen-bond donors (Lipinski definition) is 1. The van der Waals surface area contributed by atoms with E-state index in [2.05, 4.69) is 53.5 Å². The lowest BCUT2D eigenvalue weighted by atomic mass is 9.84. The Labute approximate surface area is 116 Å². The molecule has 0 radical (unpaired) electrons. The average molecular weight is 259 g/mol. The molecule has 3 saturated heterocycles. The third-order valence-electron chi connectivity index (χ3n) is 4.46. The van der Waals surface area contributed by atoms with Gasteiger partial charge in [0.15, 0.2) is 0 Å². The Morgan fingerprint density at radius 3 is 2.37 bits per heavy atom. The second-order valence-corrected chi connectivity index (χ2v) is 6.32. The van der Waals surface area contributed by atoms with E-state index in [9.17, 15) is 0 Å². The van der Waals surface area contributed by atoms with E-state index >= 15 is 0 Å². The number of nitrogens with one attached hydrogen (secondary N) is 1. The molecule has 19 heavy (non-hydrogen) atoms. The Kier molecular flexibility index (Phi) is 3.76. The Balaban J connectivity index is 1.60. The summed E-state index contributed by atoms with van der Waals surface area (Å²) in [6, 6.07) is 9.60. The van der Waals surface area contributed by atoms with Gasteiger partial charge in [-0.1, -0.05) is 12.1 Å². The van der Waals surface area contributed by atoms with Gasteiger partial charge in [0, 0.05) is 24.8 Å². The molecule has 3 fully saturated rings. The Hall–Kier alpha value is -1.06. The van der Waals surface area contributed by atoms with Crippen LogP contribution in [0.1, 0.15) is 18.4 Å². The van der Waals surface area contributed by atoms with Crippen LogP contribution in [-0.2, 0) is 6.54 Å². The van der Waals surface area contributed by atoms with Crippen LogP contribution >= 0.6 is 0 Å². The van der Waals surface area contributed by atoms with Crippen molar-refractivity contribution in [2.24, 2.45) is 5.92 Å². The second kappa shape index (κ2) is 5.51. The van der Waals surface area contributed by atoms with Crippen molar-refractivity contribution < 1.29 is 0 Å². The number of rotatable bonds is 4. The van der Waals surface area contributed by atoms with Crippen LogP contribution in [0.2, 0.25) is 0 Å². The Morgan fingerprint density at radius 2 is 1.84 bits per heavy atom. The monoisotopic (exact) mass is 259 g/mol. The first-order chi connectivity index (χ1) is 9.20. The summed E-state index contributed by atoms with van der Waals surface area (Å²) in [5, 5.41) is 3.74. The first-order valence-corrected chi connectivity index (χ1v) is 7.43. The highest BCUT2D eigenvalue weighted by molar-refractivity contribution is 5.46. The fourth-order valence-corrected chi connectivity index (χ4v) is 3.41. The van der Waals surface area contributed by atoms with E-state index in [-0.39, 0.29) is 0 Å². The molecular weight excluding hydrogens is 234 g/mol. The van der Waals surface area contributed by atoms with Gasteiger partial charge in [0.05, 0.1) is 0 Å². The third kappa shape index (κ3) is 3.10. The first kappa shape index (κ1) is 12.9. The molecule has 1 aromatic carbocycles. The van der Waals surface area contributed by atoms with Gasteiger partial charge in [-0.05, 0) is 63.6 Å². The minimum atomic E-state index is 0.655. The zero-order chi connectivity index (χ0) is 13.2. The Bertz CT molecular complexity index is 405. The smallest absolute Gasteiger partial charge is 0.0417 e. The highest BCUT2D eigenvalue weighted by Crippen LogP contribution is 2.29. The van der Waals surface area contributed by atoms with Gasteiger partial charge >= 0.3 is 0 Å². The highest BCUT2D eigenvalue weighted by Gasteiger charge is 2.33. The Morgan fingerprint density at radius 1 is 1.16 bits per heavy atom. The molecule has 4 rings (SSSR count). The molecule has 3 nitrogen and oxygen atoms in total. The molecule has 0 aliphatic carbocycles. The molecule has 0 amide bonds. The van der Waals surface area contributed by atoms with Crippen LogP contribution < -0.4 is 5.32 Å². The molecule has 3 heterocycles. The molecule has 3 heteroatoms. The standard InChI is InChI=1S/C16H25N3/c1-18(2)11-13-3-5-15(6-4-13)17-16-12-19-9-7-14(16)8-10-19/h3-6,14,16-17H,7-12H2,1-2H3. The predicted molar refractivity (Wildman–Crippen MR) is 80.4 cm³/mol. The van der Waals surface area contributed by atoms with E-state index in [1.807, 2.05) is 0 Å². The van der Waals surface area contributed by atoms with Gasteiger partial charge in [-0.2, -0.15) is 0 Å². The highest BCUT2D eigenvalue weighted by atomic mass is 15.2. The van der Waals surface area contributed by atoms with Crippen molar-refractivity contribution in [3.05, 3.63) is 29.8 Å². The van der Waals surface area contributed by atoms with Crippen molar-refractivity contribution in [2.45, 2.75) is 25.4 Å². The maximum atomic E-state index is 3.74. The fourth-order valence-electron chi connectivity index (χ4n) is 3.41. The van der Waals surface area contributed by atoms with Crippen molar-refractivity contribution in [1.82, 2.24) is 9.80 Å². The lowest BCUT2D eigenvalue weighted by Crippen LogP contribution is -2.53. The van der Waals surface area contributed by atoms with Crippen LogP contribution in [0, 0.1) is 5.92 Å². The zero-order valence-corrected chi connectivity index (χ0v) is 12.1. The average Bonchev–Trinajstić information content (AvgIpc) is 2.42. The van der Waals surface area contributed by atoms with Crippen LogP contribution in [0.15, 0.2) is 24.3 Å².